The Balaban J connectivity index is 2.07. The highest BCUT2D eigenvalue weighted by atomic mass is 35.5. The molecule has 0 saturated heterocycles. The number of rotatable bonds is 11. The largest absolute Gasteiger partial charge is 0.352 e. The zero-order valence-electron chi connectivity index (χ0n) is 23.6. The van der Waals surface area contributed by atoms with E-state index in [1.807, 2.05) is 20.8 Å². The van der Waals surface area contributed by atoms with E-state index in [1.165, 1.54) is 23.1 Å². The van der Waals surface area contributed by atoms with E-state index in [9.17, 15) is 18.0 Å². The van der Waals surface area contributed by atoms with Crippen molar-refractivity contribution in [2.75, 3.05) is 10.8 Å². The third-order valence-corrected chi connectivity index (χ3v) is 9.64. The fraction of sp³-hybridized carbons (Fsp3) is 0.333. The Morgan fingerprint density at radius 2 is 1.56 bits per heavy atom. The maximum absolute atomic E-state index is 14.0. The number of halogens is 3. The first-order valence-electron chi connectivity index (χ1n) is 13.1. The summed E-state index contributed by atoms with van der Waals surface area (Å²) in [7, 11) is -4.20. The minimum atomic E-state index is -4.20. The number of anilines is 1. The first-order chi connectivity index (χ1) is 19.2. The van der Waals surface area contributed by atoms with Crippen molar-refractivity contribution in [2.45, 2.75) is 64.6 Å². The van der Waals surface area contributed by atoms with Crippen LogP contribution in [0.25, 0.3) is 0 Å². The Morgan fingerprint density at radius 1 is 0.902 bits per heavy atom. The van der Waals surface area contributed by atoms with E-state index >= 15 is 0 Å². The number of sulfonamides is 1. The number of nitrogens with zero attached hydrogens (tertiary/aromatic N) is 2. The molecular formula is C30H34Cl3N3O4S. The third kappa shape index (κ3) is 8.16. The SMILES string of the molecule is CC[C@H](C)NC(=O)[C@H](C)N(Cc1ccc(Cl)cc1Cl)C(=O)CN(c1ccc(C)c(Cl)c1)S(=O)(=O)c1ccc(C)cc1. The van der Waals surface area contributed by atoms with Gasteiger partial charge in [-0.2, -0.15) is 0 Å². The van der Waals surface area contributed by atoms with Crippen LogP contribution >= 0.6 is 34.8 Å². The second kappa shape index (κ2) is 13.9. The van der Waals surface area contributed by atoms with Crippen LogP contribution in [0.1, 0.15) is 43.9 Å². The summed E-state index contributed by atoms with van der Waals surface area (Å²) < 4.78 is 28.9. The maximum Gasteiger partial charge on any atom is 0.264 e. The highest BCUT2D eigenvalue weighted by molar-refractivity contribution is 7.92. The Labute approximate surface area is 257 Å². The van der Waals surface area contributed by atoms with Crippen LogP contribution in [-0.2, 0) is 26.2 Å². The molecule has 0 aliphatic heterocycles. The van der Waals surface area contributed by atoms with Crippen LogP contribution < -0.4 is 9.62 Å². The predicted molar refractivity (Wildman–Crippen MR) is 166 cm³/mol. The fourth-order valence-corrected chi connectivity index (χ4v) is 6.03. The Kier molecular flexibility index (Phi) is 11.1. The molecule has 2 amide bonds. The van der Waals surface area contributed by atoms with Gasteiger partial charge in [0.1, 0.15) is 12.6 Å². The molecule has 0 aliphatic carbocycles. The number of nitrogens with one attached hydrogen (secondary N) is 1. The minimum Gasteiger partial charge on any atom is -0.352 e. The normalized spacial score (nSPS) is 12.9. The summed E-state index contributed by atoms with van der Waals surface area (Å²) >= 11 is 18.9. The summed E-state index contributed by atoms with van der Waals surface area (Å²) in [6.07, 6.45) is 0.701. The smallest absolute Gasteiger partial charge is 0.264 e. The van der Waals surface area contributed by atoms with Gasteiger partial charge in [-0.15, -0.1) is 0 Å². The molecule has 0 aliphatic rings. The van der Waals surface area contributed by atoms with Crippen LogP contribution in [0.4, 0.5) is 5.69 Å². The molecule has 3 rings (SSSR count). The number of carbonyl (C=O) groups excluding carboxylic acids is 2. The summed E-state index contributed by atoms with van der Waals surface area (Å²) in [6.45, 7) is 8.42. The van der Waals surface area contributed by atoms with E-state index in [-0.39, 0.29) is 29.1 Å². The lowest BCUT2D eigenvalue weighted by Gasteiger charge is -2.32. The van der Waals surface area contributed by atoms with E-state index in [1.54, 1.807) is 56.3 Å². The number of carbonyl (C=O) groups is 2. The minimum absolute atomic E-state index is 0.0162. The molecule has 0 aromatic heterocycles. The number of benzene rings is 3. The molecular weight excluding hydrogens is 605 g/mol. The number of hydrogen-bond donors (Lipinski definition) is 1. The van der Waals surface area contributed by atoms with Gasteiger partial charge in [-0.1, -0.05) is 71.6 Å². The van der Waals surface area contributed by atoms with Crippen molar-refractivity contribution in [2.24, 2.45) is 0 Å². The molecule has 1 N–H and O–H groups in total. The molecule has 3 aromatic rings. The Hall–Kier alpha value is -2.78. The van der Waals surface area contributed by atoms with E-state index in [0.717, 1.165) is 15.4 Å². The molecule has 3 aromatic carbocycles. The molecule has 41 heavy (non-hydrogen) atoms. The first kappa shape index (κ1) is 32.7. The average Bonchev–Trinajstić information content (AvgIpc) is 2.92. The predicted octanol–water partition coefficient (Wildman–Crippen LogP) is 6.79. The molecule has 0 heterocycles. The Bertz CT molecular complexity index is 1510. The average molecular weight is 639 g/mol. The van der Waals surface area contributed by atoms with Crippen molar-refractivity contribution in [3.63, 3.8) is 0 Å². The van der Waals surface area contributed by atoms with E-state index < -0.39 is 28.5 Å². The van der Waals surface area contributed by atoms with Gasteiger partial charge in [0.2, 0.25) is 11.8 Å². The van der Waals surface area contributed by atoms with Gasteiger partial charge in [0, 0.05) is 27.7 Å². The highest BCUT2D eigenvalue weighted by Crippen LogP contribution is 2.29. The Morgan fingerprint density at radius 3 is 2.15 bits per heavy atom. The zero-order chi connectivity index (χ0) is 30.5. The standard InChI is InChI=1S/C30H34Cl3N3O4S/c1-6-21(4)34-30(38)22(5)35(17-23-10-11-24(31)15-28(23)33)29(37)18-36(25-12-9-20(3)27(32)16-25)41(39,40)26-13-7-19(2)8-14-26/h7-16,21-22H,6,17-18H2,1-5H3,(H,34,38)/t21-,22-/m0/s1. The van der Waals surface area contributed by atoms with Crippen LogP contribution in [0.15, 0.2) is 65.6 Å². The highest BCUT2D eigenvalue weighted by Gasteiger charge is 2.33. The summed E-state index contributed by atoms with van der Waals surface area (Å²) in [4.78, 5) is 28.5. The number of hydrogen-bond acceptors (Lipinski definition) is 4. The number of amides is 2. The van der Waals surface area contributed by atoms with E-state index in [0.29, 0.717) is 27.1 Å². The van der Waals surface area contributed by atoms with Crippen molar-refractivity contribution in [3.05, 3.63) is 92.4 Å². The third-order valence-electron chi connectivity index (χ3n) is 6.86. The summed E-state index contributed by atoms with van der Waals surface area (Å²) in [5, 5.41) is 3.99. The molecule has 11 heteroatoms. The van der Waals surface area contributed by atoms with Gasteiger partial charge >= 0.3 is 0 Å². The topological polar surface area (TPSA) is 86.8 Å². The van der Waals surface area contributed by atoms with Gasteiger partial charge in [0.25, 0.3) is 10.0 Å². The molecule has 2 atom stereocenters. The summed E-state index contributed by atoms with van der Waals surface area (Å²) in [6, 6.07) is 15.0. The van der Waals surface area contributed by atoms with Gasteiger partial charge in [-0.3, -0.25) is 13.9 Å². The van der Waals surface area contributed by atoms with Gasteiger partial charge in [0.05, 0.1) is 10.6 Å². The lowest BCUT2D eigenvalue weighted by atomic mass is 10.1. The van der Waals surface area contributed by atoms with Crippen molar-refractivity contribution in [1.82, 2.24) is 10.2 Å². The van der Waals surface area contributed by atoms with E-state index in [2.05, 4.69) is 5.32 Å². The molecule has 0 spiro atoms. The second-order valence-corrected chi connectivity index (χ2v) is 13.1. The maximum atomic E-state index is 14.0. The first-order valence-corrected chi connectivity index (χ1v) is 15.7. The summed E-state index contributed by atoms with van der Waals surface area (Å²) in [5.74, 6) is -0.973. The fourth-order valence-electron chi connectivity index (χ4n) is 3.98. The van der Waals surface area contributed by atoms with Crippen molar-refractivity contribution in [3.8, 4) is 0 Å². The van der Waals surface area contributed by atoms with Crippen molar-refractivity contribution < 1.29 is 18.0 Å². The zero-order valence-corrected chi connectivity index (χ0v) is 26.7. The molecule has 220 valence electrons. The monoisotopic (exact) mass is 637 g/mol. The van der Waals surface area contributed by atoms with E-state index in [4.69, 9.17) is 34.8 Å². The van der Waals surface area contributed by atoms with Gasteiger partial charge < -0.3 is 10.2 Å². The number of aryl methyl sites for hydroxylation is 2. The van der Waals surface area contributed by atoms with Gasteiger partial charge in [0.15, 0.2) is 0 Å². The summed E-state index contributed by atoms with van der Waals surface area (Å²) in [5.41, 5.74) is 2.41. The second-order valence-electron chi connectivity index (χ2n) is 10.0. The van der Waals surface area contributed by atoms with Crippen LogP contribution in [0.5, 0.6) is 0 Å². The van der Waals surface area contributed by atoms with Crippen molar-refractivity contribution in [1.29, 1.82) is 0 Å². The van der Waals surface area contributed by atoms with Crippen molar-refractivity contribution >= 4 is 62.3 Å². The van der Waals surface area contributed by atoms with Crippen LogP contribution in [0.2, 0.25) is 15.1 Å². The molecule has 7 nitrogen and oxygen atoms in total. The van der Waals surface area contributed by atoms with Crippen LogP contribution in [-0.4, -0.2) is 43.8 Å². The van der Waals surface area contributed by atoms with Gasteiger partial charge in [-0.25, -0.2) is 8.42 Å². The molecule has 0 radical (unpaired) electrons. The van der Waals surface area contributed by atoms with Gasteiger partial charge in [-0.05, 0) is 81.6 Å². The molecule has 0 saturated carbocycles. The lowest BCUT2D eigenvalue weighted by molar-refractivity contribution is -0.139. The molecule has 0 fully saturated rings. The van der Waals surface area contributed by atoms with Crippen LogP contribution in [0.3, 0.4) is 0 Å². The quantitative estimate of drug-likeness (QED) is 0.251. The van der Waals surface area contributed by atoms with Crippen LogP contribution in [0, 0.1) is 13.8 Å². The molecule has 0 unspecified atom stereocenters. The lowest BCUT2D eigenvalue weighted by Crippen LogP contribution is -2.52. The molecule has 0 bridgehead atoms.